The molecule has 1 N–H and O–H groups in total. The van der Waals surface area contributed by atoms with Crippen LogP contribution in [0.25, 0.3) is 0 Å². The van der Waals surface area contributed by atoms with Gasteiger partial charge in [-0.05, 0) is 56.5 Å². The quantitative estimate of drug-likeness (QED) is 0.865. The molecular weight excluding hydrogens is 312 g/mol. The Morgan fingerprint density at radius 3 is 2.35 bits per heavy atom. The Kier molecular flexibility index (Phi) is 5.34. The molecule has 0 saturated carbocycles. The topological polar surface area (TPSA) is 49.4 Å². The molecule has 1 aromatic carbocycles. The van der Waals surface area contributed by atoms with Crippen molar-refractivity contribution in [2.24, 2.45) is 11.8 Å². The molecule has 1 atom stereocenters. The number of amides is 1. The van der Waals surface area contributed by atoms with E-state index in [1.165, 1.54) is 0 Å². The number of rotatable bonds is 3. The van der Waals surface area contributed by atoms with Gasteiger partial charge in [0.05, 0.1) is 5.92 Å². The lowest BCUT2D eigenvalue weighted by Gasteiger charge is -2.35. The number of likely N-dealkylation sites (tertiary alicyclic amines) is 1. The van der Waals surface area contributed by atoms with Crippen molar-refractivity contribution in [3.05, 3.63) is 34.9 Å². The van der Waals surface area contributed by atoms with Gasteiger partial charge in [0.15, 0.2) is 5.78 Å². The zero-order valence-corrected chi connectivity index (χ0v) is 14.0. The number of hydrogen-bond donors (Lipinski definition) is 1. The standard InChI is InChI=1S/C18H23ClN2O2/c19-16-5-3-13(4-6-16)17(22)14-7-10-21(11-8-14)18(23)15-2-1-9-20-12-15/h3-6,14-15,20H,1-2,7-12H2. The van der Waals surface area contributed by atoms with Crippen LogP contribution in [0.2, 0.25) is 5.02 Å². The fourth-order valence-electron chi connectivity index (χ4n) is 3.53. The van der Waals surface area contributed by atoms with Gasteiger partial charge in [0.25, 0.3) is 0 Å². The normalized spacial score (nSPS) is 22.8. The fraction of sp³-hybridized carbons (Fsp3) is 0.556. The van der Waals surface area contributed by atoms with Gasteiger partial charge in [-0.3, -0.25) is 9.59 Å². The van der Waals surface area contributed by atoms with Crippen LogP contribution in [0.1, 0.15) is 36.0 Å². The van der Waals surface area contributed by atoms with Crippen LogP contribution in [0, 0.1) is 11.8 Å². The molecule has 23 heavy (non-hydrogen) atoms. The van der Waals surface area contributed by atoms with Crippen molar-refractivity contribution >= 4 is 23.3 Å². The molecule has 5 heteroatoms. The van der Waals surface area contributed by atoms with Gasteiger partial charge in [0.1, 0.15) is 0 Å². The Bertz CT molecular complexity index is 559. The number of Topliss-reactive ketones (excluding diaryl/α,β-unsaturated/α-hetero) is 1. The zero-order chi connectivity index (χ0) is 16.2. The number of nitrogens with one attached hydrogen (secondary N) is 1. The summed E-state index contributed by atoms with van der Waals surface area (Å²) >= 11 is 5.87. The van der Waals surface area contributed by atoms with Crippen molar-refractivity contribution < 1.29 is 9.59 Å². The van der Waals surface area contributed by atoms with Crippen LogP contribution >= 0.6 is 11.6 Å². The maximum absolute atomic E-state index is 12.5. The average Bonchev–Trinajstić information content (AvgIpc) is 2.62. The van der Waals surface area contributed by atoms with Gasteiger partial charge in [-0.25, -0.2) is 0 Å². The maximum atomic E-state index is 12.5. The van der Waals surface area contributed by atoms with Crippen LogP contribution in [0.4, 0.5) is 0 Å². The highest BCUT2D eigenvalue weighted by molar-refractivity contribution is 6.30. The van der Waals surface area contributed by atoms with Gasteiger partial charge in [0, 0.05) is 36.1 Å². The molecule has 124 valence electrons. The molecule has 2 fully saturated rings. The van der Waals surface area contributed by atoms with Crippen LogP contribution in [0.15, 0.2) is 24.3 Å². The molecule has 0 radical (unpaired) electrons. The lowest BCUT2D eigenvalue weighted by atomic mass is 9.88. The van der Waals surface area contributed by atoms with Crippen LogP contribution < -0.4 is 5.32 Å². The second kappa shape index (κ2) is 7.45. The SMILES string of the molecule is O=C(c1ccc(Cl)cc1)C1CCN(C(=O)C2CCCNC2)CC1. The molecule has 0 spiro atoms. The van der Waals surface area contributed by atoms with E-state index in [1.807, 2.05) is 4.90 Å². The van der Waals surface area contributed by atoms with E-state index in [2.05, 4.69) is 5.32 Å². The van der Waals surface area contributed by atoms with Crippen LogP contribution in [-0.4, -0.2) is 42.8 Å². The van der Waals surface area contributed by atoms with E-state index in [0.29, 0.717) is 18.1 Å². The summed E-state index contributed by atoms with van der Waals surface area (Å²) < 4.78 is 0. The van der Waals surface area contributed by atoms with Gasteiger partial charge in [-0.15, -0.1) is 0 Å². The minimum absolute atomic E-state index is 0.0182. The summed E-state index contributed by atoms with van der Waals surface area (Å²) in [4.78, 5) is 27.0. The summed E-state index contributed by atoms with van der Waals surface area (Å²) in [5.41, 5.74) is 0.718. The number of halogens is 1. The van der Waals surface area contributed by atoms with E-state index in [1.54, 1.807) is 24.3 Å². The molecule has 1 unspecified atom stereocenters. The molecule has 0 aliphatic carbocycles. The van der Waals surface area contributed by atoms with E-state index in [4.69, 9.17) is 11.6 Å². The van der Waals surface area contributed by atoms with E-state index in [0.717, 1.165) is 44.3 Å². The Hall–Kier alpha value is -1.39. The Labute approximate surface area is 142 Å². The van der Waals surface area contributed by atoms with Crippen molar-refractivity contribution in [3.63, 3.8) is 0 Å². The lowest BCUT2D eigenvalue weighted by Crippen LogP contribution is -2.46. The molecule has 2 aliphatic heterocycles. The maximum Gasteiger partial charge on any atom is 0.226 e. The van der Waals surface area contributed by atoms with Crippen molar-refractivity contribution in [2.75, 3.05) is 26.2 Å². The Balaban J connectivity index is 1.54. The summed E-state index contributed by atoms with van der Waals surface area (Å²) in [6.45, 7) is 3.20. The number of carbonyl (C=O) groups excluding carboxylic acids is 2. The highest BCUT2D eigenvalue weighted by Gasteiger charge is 2.31. The highest BCUT2D eigenvalue weighted by atomic mass is 35.5. The number of nitrogens with zero attached hydrogens (tertiary/aromatic N) is 1. The van der Waals surface area contributed by atoms with E-state index < -0.39 is 0 Å². The molecular formula is C18H23ClN2O2. The monoisotopic (exact) mass is 334 g/mol. The predicted octanol–water partition coefficient (Wildman–Crippen LogP) is 2.76. The molecule has 3 rings (SSSR count). The largest absolute Gasteiger partial charge is 0.342 e. The van der Waals surface area contributed by atoms with Gasteiger partial charge in [-0.2, -0.15) is 0 Å². The first kappa shape index (κ1) is 16.5. The molecule has 2 saturated heterocycles. The third-order valence-corrected chi connectivity index (χ3v) is 5.20. The smallest absolute Gasteiger partial charge is 0.226 e. The number of carbonyl (C=O) groups is 2. The minimum Gasteiger partial charge on any atom is -0.342 e. The second-order valence-electron chi connectivity index (χ2n) is 6.51. The van der Waals surface area contributed by atoms with Crippen molar-refractivity contribution in [3.8, 4) is 0 Å². The van der Waals surface area contributed by atoms with Crippen LogP contribution in [0.5, 0.6) is 0 Å². The molecule has 2 heterocycles. The van der Waals surface area contributed by atoms with Gasteiger partial charge >= 0.3 is 0 Å². The number of benzene rings is 1. The van der Waals surface area contributed by atoms with Crippen molar-refractivity contribution in [1.29, 1.82) is 0 Å². The summed E-state index contributed by atoms with van der Waals surface area (Å²) in [6, 6.07) is 7.08. The minimum atomic E-state index is 0.0182. The summed E-state index contributed by atoms with van der Waals surface area (Å²) in [5, 5.41) is 3.94. The number of ketones is 1. The fourth-order valence-corrected chi connectivity index (χ4v) is 3.66. The second-order valence-corrected chi connectivity index (χ2v) is 6.95. The first-order valence-corrected chi connectivity index (χ1v) is 8.82. The first-order valence-electron chi connectivity index (χ1n) is 8.44. The first-order chi connectivity index (χ1) is 11.1. The van der Waals surface area contributed by atoms with Crippen molar-refractivity contribution in [1.82, 2.24) is 10.2 Å². The molecule has 0 aromatic heterocycles. The Morgan fingerprint density at radius 2 is 1.74 bits per heavy atom. The van der Waals surface area contributed by atoms with Gasteiger partial charge in [-0.1, -0.05) is 11.6 Å². The Morgan fingerprint density at radius 1 is 1.04 bits per heavy atom. The molecule has 0 bridgehead atoms. The van der Waals surface area contributed by atoms with Gasteiger partial charge < -0.3 is 10.2 Å². The van der Waals surface area contributed by atoms with Gasteiger partial charge in [0.2, 0.25) is 5.91 Å². The number of piperidine rings is 2. The lowest BCUT2D eigenvalue weighted by molar-refractivity contribution is -0.137. The third kappa shape index (κ3) is 3.93. The predicted molar refractivity (Wildman–Crippen MR) is 90.7 cm³/mol. The van der Waals surface area contributed by atoms with E-state index in [-0.39, 0.29) is 23.5 Å². The average molecular weight is 335 g/mol. The summed E-state index contributed by atoms with van der Waals surface area (Å²) in [5.74, 6) is 0.569. The third-order valence-electron chi connectivity index (χ3n) is 4.95. The van der Waals surface area contributed by atoms with Crippen LogP contribution in [-0.2, 0) is 4.79 Å². The van der Waals surface area contributed by atoms with E-state index in [9.17, 15) is 9.59 Å². The summed E-state index contributed by atoms with van der Waals surface area (Å²) in [7, 11) is 0. The molecule has 1 aromatic rings. The molecule has 4 nitrogen and oxygen atoms in total. The van der Waals surface area contributed by atoms with Crippen molar-refractivity contribution in [2.45, 2.75) is 25.7 Å². The zero-order valence-electron chi connectivity index (χ0n) is 13.3. The van der Waals surface area contributed by atoms with E-state index >= 15 is 0 Å². The highest BCUT2D eigenvalue weighted by Crippen LogP contribution is 2.24. The molecule has 1 amide bonds. The summed E-state index contributed by atoms with van der Waals surface area (Å²) in [6.07, 6.45) is 3.57. The van der Waals surface area contributed by atoms with Crippen LogP contribution in [0.3, 0.4) is 0 Å². The molecule has 2 aliphatic rings. The number of hydrogen-bond acceptors (Lipinski definition) is 3.